The van der Waals surface area contributed by atoms with Crippen molar-refractivity contribution >= 4 is 11.9 Å². The molecule has 1 unspecified atom stereocenters. The highest BCUT2D eigenvalue weighted by Crippen LogP contribution is 2.08. The second-order valence-corrected chi connectivity index (χ2v) is 5.52. The van der Waals surface area contributed by atoms with Crippen LogP contribution in [-0.2, 0) is 9.59 Å². The second kappa shape index (κ2) is 13.6. The zero-order valence-corrected chi connectivity index (χ0v) is 14.2. The summed E-state index contributed by atoms with van der Waals surface area (Å²) >= 11 is 0. The minimum atomic E-state index is -2.29. The summed E-state index contributed by atoms with van der Waals surface area (Å²) in [5.41, 5.74) is 0. The second-order valence-electron chi connectivity index (χ2n) is 5.52. The molecule has 13 N–H and O–H groups in total. The lowest BCUT2D eigenvalue weighted by atomic mass is 9.99. The lowest BCUT2D eigenvalue weighted by Gasteiger charge is -2.26. The van der Waals surface area contributed by atoms with E-state index in [0.717, 1.165) is 0 Å². The SMILES string of the molecule is O=C(O)[C@H](O)[C@@H](O)[C@H](O)[C@H](O)C(O)CO.O=C(O)[C@H](O)[C@@H](O)[C@H](O)[C@H](O)CO. The van der Waals surface area contributed by atoms with Gasteiger partial charge in [0.1, 0.15) is 42.7 Å². The molecule has 0 fully saturated rings. The largest absolute Gasteiger partial charge is 0.479 e. The summed E-state index contributed by atoms with van der Waals surface area (Å²) in [6, 6.07) is 0. The molecule has 0 aromatic carbocycles. The van der Waals surface area contributed by atoms with E-state index in [0.29, 0.717) is 0 Å². The van der Waals surface area contributed by atoms with Gasteiger partial charge in [-0.1, -0.05) is 0 Å². The van der Waals surface area contributed by atoms with Crippen molar-refractivity contribution in [1.82, 2.24) is 0 Å². The predicted molar refractivity (Wildman–Crippen MR) is 83.5 cm³/mol. The predicted octanol–water partition coefficient (Wildman–Crippen LogP) is -7.63. The molecular formula is C13H26O15. The van der Waals surface area contributed by atoms with Gasteiger partial charge in [-0.15, -0.1) is 0 Å². The Kier molecular flexibility index (Phi) is 14.0. The maximum Gasteiger partial charge on any atom is 0.335 e. The van der Waals surface area contributed by atoms with E-state index < -0.39 is 80.1 Å². The topological polar surface area (TPSA) is 297 Å². The van der Waals surface area contributed by atoms with E-state index in [-0.39, 0.29) is 0 Å². The molecule has 0 spiro atoms. The number of carboxylic acid groups (broad SMARTS) is 2. The highest BCUT2D eigenvalue weighted by atomic mass is 16.4. The fourth-order valence-corrected chi connectivity index (χ4v) is 1.54. The van der Waals surface area contributed by atoms with E-state index in [1.807, 2.05) is 0 Å². The molecule has 0 saturated carbocycles. The third-order valence-electron chi connectivity index (χ3n) is 3.37. The molecule has 15 heteroatoms. The van der Waals surface area contributed by atoms with E-state index in [1.54, 1.807) is 0 Å². The molecular weight excluding hydrogens is 396 g/mol. The molecule has 0 rings (SSSR count). The summed E-state index contributed by atoms with van der Waals surface area (Å²) in [6.45, 7) is -1.72. The number of hydrogen-bond acceptors (Lipinski definition) is 13. The van der Waals surface area contributed by atoms with Crippen molar-refractivity contribution < 1.29 is 76.0 Å². The fourth-order valence-electron chi connectivity index (χ4n) is 1.54. The molecule has 0 aliphatic heterocycles. The maximum atomic E-state index is 10.2. The summed E-state index contributed by atoms with van der Waals surface area (Å²) < 4.78 is 0. The lowest BCUT2D eigenvalue weighted by Crippen LogP contribution is -2.51. The van der Waals surface area contributed by atoms with E-state index in [2.05, 4.69) is 0 Å². The Morgan fingerprint density at radius 2 is 0.750 bits per heavy atom. The molecule has 0 saturated heterocycles. The fraction of sp³-hybridized carbons (Fsp3) is 0.846. The number of aliphatic carboxylic acids is 2. The monoisotopic (exact) mass is 422 g/mol. The first kappa shape index (κ1) is 28.7. The Balaban J connectivity index is 0. The molecule has 0 amide bonds. The van der Waals surface area contributed by atoms with Crippen molar-refractivity contribution in [2.24, 2.45) is 0 Å². The zero-order chi connectivity index (χ0) is 22.8. The van der Waals surface area contributed by atoms with Crippen LogP contribution in [0.25, 0.3) is 0 Å². The van der Waals surface area contributed by atoms with Gasteiger partial charge in [0.25, 0.3) is 0 Å². The number of carboxylic acids is 2. The summed E-state index contributed by atoms with van der Waals surface area (Å²) in [5.74, 6) is -3.51. The molecule has 0 bridgehead atoms. The first-order valence-corrected chi connectivity index (χ1v) is 7.54. The van der Waals surface area contributed by atoms with Crippen LogP contribution in [0.1, 0.15) is 0 Å². The van der Waals surface area contributed by atoms with Crippen LogP contribution in [0.15, 0.2) is 0 Å². The Hall–Kier alpha value is -1.50. The van der Waals surface area contributed by atoms with Gasteiger partial charge >= 0.3 is 11.9 Å². The molecule has 0 aliphatic carbocycles. The van der Waals surface area contributed by atoms with Crippen molar-refractivity contribution in [3.8, 4) is 0 Å². The smallest absolute Gasteiger partial charge is 0.335 e. The van der Waals surface area contributed by atoms with E-state index in [9.17, 15) is 9.59 Å². The van der Waals surface area contributed by atoms with Gasteiger partial charge in [-0.05, 0) is 0 Å². The minimum Gasteiger partial charge on any atom is -0.479 e. The van der Waals surface area contributed by atoms with Crippen LogP contribution in [0.4, 0.5) is 0 Å². The van der Waals surface area contributed by atoms with E-state index >= 15 is 0 Å². The average molecular weight is 422 g/mol. The Labute approximate surface area is 157 Å². The van der Waals surface area contributed by atoms with Crippen molar-refractivity contribution in [2.75, 3.05) is 13.2 Å². The van der Waals surface area contributed by atoms with E-state index in [1.165, 1.54) is 0 Å². The average Bonchev–Trinajstić information content (AvgIpc) is 2.68. The van der Waals surface area contributed by atoms with Crippen molar-refractivity contribution in [2.45, 2.75) is 54.9 Å². The molecule has 168 valence electrons. The van der Waals surface area contributed by atoms with Crippen LogP contribution in [0.3, 0.4) is 0 Å². The van der Waals surface area contributed by atoms with Crippen LogP contribution in [-0.4, -0.2) is 146 Å². The summed E-state index contributed by atoms with van der Waals surface area (Å²) in [5, 5.41) is 113. The quantitative estimate of drug-likeness (QED) is 0.147. The minimum absolute atomic E-state index is 0.843. The van der Waals surface area contributed by atoms with Gasteiger partial charge in [0.15, 0.2) is 12.2 Å². The van der Waals surface area contributed by atoms with Gasteiger partial charge in [-0.3, -0.25) is 0 Å². The molecule has 28 heavy (non-hydrogen) atoms. The zero-order valence-electron chi connectivity index (χ0n) is 14.2. The number of hydrogen-bond donors (Lipinski definition) is 13. The Bertz CT molecular complexity index is 459. The maximum absolute atomic E-state index is 10.2. The standard InChI is InChI=1S/C7H14O8.C6H12O7/c8-1-2(9)3(10)4(11)5(12)6(13)7(14)15;7-1-2(8)3(9)4(10)5(11)6(12)13/h2-6,8-13H,1H2,(H,14,15);2-5,7-11H,1H2,(H,12,13)/t2?,3-,4-,5+,6-;2-,3-,4+,5-/m11/s1. The molecule has 0 heterocycles. The Morgan fingerprint density at radius 1 is 0.500 bits per heavy atom. The van der Waals surface area contributed by atoms with Crippen molar-refractivity contribution in [3.63, 3.8) is 0 Å². The first-order chi connectivity index (χ1) is 12.7. The van der Waals surface area contributed by atoms with Crippen LogP contribution in [0, 0.1) is 0 Å². The molecule has 0 aromatic heterocycles. The van der Waals surface area contributed by atoms with Gasteiger partial charge in [0.2, 0.25) is 0 Å². The van der Waals surface area contributed by atoms with Gasteiger partial charge in [-0.2, -0.15) is 0 Å². The third kappa shape index (κ3) is 9.13. The van der Waals surface area contributed by atoms with Gasteiger partial charge in [-0.25, -0.2) is 9.59 Å². The van der Waals surface area contributed by atoms with Crippen LogP contribution >= 0.6 is 0 Å². The summed E-state index contributed by atoms with van der Waals surface area (Å²) in [6.07, 6.45) is -18.1. The normalized spacial score (nSPS) is 21.0. The van der Waals surface area contributed by atoms with Crippen LogP contribution < -0.4 is 0 Å². The van der Waals surface area contributed by atoms with Crippen molar-refractivity contribution in [3.05, 3.63) is 0 Å². The number of aliphatic hydroxyl groups excluding tert-OH is 11. The van der Waals surface area contributed by atoms with Crippen LogP contribution in [0.2, 0.25) is 0 Å². The first-order valence-electron chi connectivity index (χ1n) is 7.54. The molecule has 0 radical (unpaired) electrons. The summed E-state index contributed by atoms with van der Waals surface area (Å²) in [4.78, 5) is 20.3. The number of carbonyl (C=O) groups is 2. The highest BCUT2D eigenvalue weighted by molar-refractivity contribution is 5.73. The number of rotatable bonds is 11. The third-order valence-corrected chi connectivity index (χ3v) is 3.37. The van der Waals surface area contributed by atoms with E-state index in [4.69, 9.17) is 66.4 Å². The number of aliphatic hydroxyl groups is 11. The van der Waals surface area contributed by atoms with Gasteiger partial charge in [0.05, 0.1) is 13.2 Å². The van der Waals surface area contributed by atoms with Gasteiger partial charge < -0.3 is 66.4 Å². The Morgan fingerprint density at radius 3 is 1.00 bits per heavy atom. The highest BCUT2D eigenvalue weighted by Gasteiger charge is 2.37. The van der Waals surface area contributed by atoms with Crippen LogP contribution in [0.5, 0.6) is 0 Å². The molecule has 0 aromatic rings. The molecule has 15 nitrogen and oxygen atoms in total. The van der Waals surface area contributed by atoms with Gasteiger partial charge in [0, 0.05) is 0 Å². The molecule has 0 aliphatic rings. The summed E-state index contributed by atoms with van der Waals surface area (Å²) in [7, 11) is 0. The lowest BCUT2D eigenvalue weighted by molar-refractivity contribution is -0.169. The van der Waals surface area contributed by atoms with Crippen molar-refractivity contribution in [1.29, 1.82) is 0 Å². The molecule has 9 atom stereocenters.